The van der Waals surface area contributed by atoms with E-state index in [-0.39, 0.29) is 30.6 Å². The van der Waals surface area contributed by atoms with Gasteiger partial charge in [0, 0.05) is 12.6 Å². The van der Waals surface area contributed by atoms with E-state index in [1.807, 2.05) is 75.4 Å². The van der Waals surface area contributed by atoms with Gasteiger partial charge in [0.25, 0.3) is 0 Å². The van der Waals surface area contributed by atoms with Crippen molar-refractivity contribution in [1.29, 1.82) is 0 Å². The molecule has 0 aliphatic rings. The minimum Gasteiger partial charge on any atom is -0.491 e. The highest BCUT2D eigenvalue weighted by atomic mass is 16.5. The molecule has 6 nitrogen and oxygen atoms in total. The molecule has 156 valence electrons. The second-order valence-corrected chi connectivity index (χ2v) is 7.34. The van der Waals surface area contributed by atoms with Gasteiger partial charge in [0.05, 0.1) is 12.6 Å². The summed E-state index contributed by atoms with van der Waals surface area (Å²) in [5.74, 6) is 0.639. The Balaban J connectivity index is 1.62. The third-order valence-electron chi connectivity index (χ3n) is 4.28. The minimum absolute atomic E-state index is 0.00558. The zero-order valence-corrected chi connectivity index (χ0v) is 17.4. The Kier molecular flexibility index (Phi) is 9.02. The third-order valence-corrected chi connectivity index (χ3v) is 4.28. The van der Waals surface area contributed by atoms with E-state index in [4.69, 9.17) is 4.74 Å². The summed E-state index contributed by atoms with van der Waals surface area (Å²) < 4.78 is 5.64. The van der Waals surface area contributed by atoms with Crippen molar-refractivity contribution in [3.05, 3.63) is 65.7 Å². The van der Waals surface area contributed by atoms with Gasteiger partial charge >= 0.3 is 6.03 Å². The van der Waals surface area contributed by atoms with Crippen LogP contribution >= 0.6 is 0 Å². The van der Waals surface area contributed by atoms with Crippen LogP contribution in [0.1, 0.15) is 38.3 Å². The van der Waals surface area contributed by atoms with Crippen molar-refractivity contribution in [2.75, 3.05) is 6.54 Å². The van der Waals surface area contributed by atoms with E-state index in [2.05, 4.69) is 16.0 Å². The largest absolute Gasteiger partial charge is 0.491 e. The molecular formula is C23H31N3O3. The number of benzene rings is 2. The Morgan fingerprint density at radius 3 is 2.24 bits per heavy atom. The quantitative estimate of drug-likeness (QED) is 0.575. The van der Waals surface area contributed by atoms with Gasteiger partial charge in [0.15, 0.2) is 0 Å². The van der Waals surface area contributed by atoms with Gasteiger partial charge in [-0.3, -0.25) is 4.79 Å². The zero-order chi connectivity index (χ0) is 21.1. The number of nitrogens with one attached hydrogen (secondary N) is 3. The molecule has 0 aliphatic heterocycles. The fourth-order valence-corrected chi connectivity index (χ4v) is 2.76. The molecule has 0 saturated heterocycles. The second kappa shape index (κ2) is 11.7. The Bertz CT molecular complexity index is 761. The minimum atomic E-state index is -0.340. The Labute approximate surface area is 173 Å². The van der Waals surface area contributed by atoms with Crippen molar-refractivity contribution in [1.82, 2.24) is 16.0 Å². The highest BCUT2D eigenvalue weighted by Gasteiger charge is 2.09. The van der Waals surface area contributed by atoms with E-state index in [9.17, 15) is 9.59 Å². The lowest BCUT2D eigenvalue weighted by Gasteiger charge is -2.15. The Hall–Kier alpha value is -3.02. The van der Waals surface area contributed by atoms with Crippen LogP contribution in [0.2, 0.25) is 0 Å². The molecule has 0 heterocycles. The summed E-state index contributed by atoms with van der Waals surface area (Å²) in [6, 6.07) is 17.3. The molecule has 2 rings (SSSR count). The molecule has 1 atom stereocenters. The first kappa shape index (κ1) is 22.3. The van der Waals surface area contributed by atoms with Crippen LogP contribution < -0.4 is 20.7 Å². The van der Waals surface area contributed by atoms with Crippen LogP contribution in [0.15, 0.2) is 54.6 Å². The first-order valence-corrected chi connectivity index (χ1v) is 10.0. The highest BCUT2D eigenvalue weighted by Crippen LogP contribution is 2.15. The van der Waals surface area contributed by atoms with Crippen LogP contribution in [0.5, 0.6) is 5.75 Å². The Morgan fingerprint density at radius 1 is 0.897 bits per heavy atom. The fraction of sp³-hybridized carbons (Fsp3) is 0.391. The van der Waals surface area contributed by atoms with Crippen molar-refractivity contribution in [3.63, 3.8) is 0 Å². The summed E-state index contributed by atoms with van der Waals surface area (Å²) in [7, 11) is 0. The van der Waals surface area contributed by atoms with Gasteiger partial charge < -0.3 is 20.7 Å². The number of amides is 3. The van der Waals surface area contributed by atoms with Gasteiger partial charge in [0.1, 0.15) is 5.75 Å². The topological polar surface area (TPSA) is 79.5 Å². The summed E-state index contributed by atoms with van der Waals surface area (Å²) >= 11 is 0. The molecule has 0 aromatic heterocycles. The molecule has 3 amide bonds. The molecular weight excluding hydrogens is 366 g/mol. The normalized spacial score (nSPS) is 11.6. The number of carbonyl (C=O) groups is 2. The molecule has 29 heavy (non-hydrogen) atoms. The van der Waals surface area contributed by atoms with E-state index in [0.29, 0.717) is 6.54 Å². The van der Waals surface area contributed by atoms with Crippen LogP contribution in [-0.4, -0.2) is 30.6 Å². The van der Waals surface area contributed by atoms with Gasteiger partial charge in [-0.2, -0.15) is 0 Å². The molecule has 1 unspecified atom stereocenters. The monoisotopic (exact) mass is 397 g/mol. The average molecular weight is 398 g/mol. The van der Waals surface area contributed by atoms with Crippen LogP contribution in [0.25, 0.3) is 0 Å². The standard InChI is InChI=1S/C23H31N3O3/c1-17(2)29-21-13-11-19(12-14-21)10-9-18(3)26-23(28)25-16-22(27)24-15-20-7-5-4-6-8-20/h4-8,11-14,17-18H,9-10,15-16H2,1-3H3,(H,24,27)(H2,25,26,28). The number of hydrogen-bond acceptors (Lipinski definition) is 3. The molecule has 2 aromatic rings. The molecule has 0 radical (unpaired) electrons. The van der Waals surface area contributed by atoms with Crippen LogP contribution in [0.3, 0.4) is 0 Å². The van der Waals surface area contributed by atoms with Gasteiger partial charge in [0.2, 0.25) is 5.91 Å². The van der Waals surface area contributed by atoms with Crippen LogP contribution in [0.4, 0.5) is 4.79 Å². The van der Waals surface area contributed by atoms with Crippen molar-refractivity contribution >= 4 is 11.9 Å². The summed E-state index contributed by atoms with van der Waals surface area (Å²) in [5, 5.41) is 8.24. The number of aryl methyl sites for hydroxylation is 1. The summed E-state index contributed by atoms with van der Waals surface area (Å²) in [4.78, 5) is 23.8. The number of hydrogen-bond donors (Lipinski definition) is 3. The molecule has 0 aliphatic carbocycles. The van der Waals surface area contributed by atoms with Crippen molar-refractivity contribution < 1.29 is 14.3 Å². The number of carbonyl (C=O) groups excluding carboxylic acids is 2. The lowest BCUT2D eigenvalue weighted by Crippen LogP contribution is -2.44. The van der Waals surface area contributed by atoms with Gasteiger partial charge in [-0.05, 0) is 56.9 Å². The number of urea groups is 1. The molecule has 3 N–H and O–H groups in total. The first-order valence-electron chi connectivity index (χ1n) is 10.0. The summed E-state index contributed by atoms with van der Waals surface area (Å²) in [6.07, 6.45) is 1.81. The maximum absolute atomic E-state index is 12.0. The van der Waals surface area contributed by atoms with Crippen LogP contribution in [0, 0.1) is 0 Å². The highest BCUT2D eigenvalue weighted by molar-refractivity contribution is 5.83. The zero-order valence-electron chi connectivity index (χ0n) is 17.4. The molecule has 0 spiro atoms. The average Bonchev–Trinajstić information content (AvgIpc) is 2.70. The van der Waals surface area contributed by atoms with Crippen molar-refractivity contribution in [3.8, 4) is 5.75 Å². The maximum Gasteiger partial charge on any atom is 0.315 e. The van der Waals surface area contributed by atoms with E-state index in [1.165, 1.54) is 5.56 Å². The smallest absolute Gasteiger partial charge is 0.315 e. The van der Waals surface area contributed by atoms with E-state index < -0.39 is 0 Å². The van der Waals surface area contributed by atoms with Crippen molar-refractivity contribution in [2.24, 2.45) is 0 Å². The fourth-order valence-electron chi connectivity index (χ4n) is 2.76. The maximum atomic E-state index is 12.0. The van der Waals surface area contributed by atoms with E-state index >= 15 is 0 Å². The number of rotatable bonds is 10. The van der Waals surface area contributed by atoms with Crippen LogP contribution in [-0.2, 0) is 17.8 Å². The van der Waals surface area contributed by atoms with E-state index in [1.54, 1.807) is 0 Å². The van der Waals surface area contributed by atoms with E-state index in [0.717, 1.165) is 24.2 Å². The van der Waals surface area contributed by atoms with Gasteiger partial charge in [-0.1, -0.05) is 42.5 Å². The predicted octanol–water partition coefficient (Wildman–Crippen LogP) is 3.41. The molecule has 2 aromatic carbocycles. The lowest BCUT2D eigenvalue weighted by atomic mass is 10.1. The number of ether oxygens (including phenoxy) is 1. The molecule has 0 bridgehead atoms. The van der Waals surface area contributed by atoms with Gasteiger partial charge in [-0.25, -0.2) is 4.79 Å². The van der Waals surface area contributed by atoms with Crippen molar-refractivity contribution in [2.45, 2.75) is 52.3 Å². The predicted molar refractivity (Wildman–Crippen MR) is 115 cm³/mol. The SMILES string of the molecule is CC(CCc1ccc(OC(C)C)cc1)NC(=O)NCC(=O)NCc1ccccc1. The third kappa shape index (κ3) is 9.14. The lowest BCUT2D eigenvalue weighted by molar-refractivity contribution is -0.120. The molecule has 6 heteroatoms. The molecule has 0 fully saturated rings. The van der Waals surface area contributed by atoms with Gasteiger partial charge in [-0.15, -0.1) is 0 Å². The molecule has 0 saturated carbocycles. The summed E-state index contributed by atoms with van der Waals surface area (Å²) in [6.45, 7) is 6.34. The first-order chi connectivity index (χ1) is 13.9. The summed E-state index contributed by atoms with van der Waals surface area (Å²) in [5.41, 5.74) is 2.21. The second-order valence-electron chi connectivity index (χ2n) is 7.34. The Morgan fingerprint density at radius 2 is 1.59 bits per heavy atom.